The first kappa shape index (κ1) is 13.2. The van der Waals surface area contributed by atoms with Gasteiger partial charge >= 0.3 is 0 Å². The van der Waals surface area contributed by atoms with E-state index in [2.05, 4.69) is 18.1 Å². The molecular formula is C15H17BN3. The average molecular weight is 250 g/mol. The highest BCUT2D eigenvalue weighted by molar-refractivity contribution is 6.44. The Bertz CT molecular complexity index is 580. The SMILES string of the molecule is C=CN(/C=C\C(=C)[B]C)Cc1cn2ccccc2n1. The van der Waals surface area contributed by atoms with Crippen LogP contribution in [0.25, 0.3) is 5.65 Å². The van der Waals surface area contributed by atoms with E-state index in [0.29, 0.717) is 6.54 Å². The minimum atomic E-state index is 0.693. The van der Waals surface area contributed by atoms with Crippen molar-refractivity contribution in [3.63, 3.8) is 0 Å². The van der Waals surface area contributed by atoms with Crippen molar-refractivity contribution in [1.29, 1.82) is 0 Å². The zero-order valence-corrected chi connectivity index (χ0v) is 11.2. The molecule has 3 nitrogen and oxygen atoms in total. The van der Waals surface area contributed by atoms with Crippen molar-refractivity contribution in [2.24, 2.45) is 0 Å². The van der Waals surface area contributed by atoms with Gasteiger partial charge in [0.15, 0.2) is 0 Å². The largest absolute Gasteiger partial charge is 0.349 e. The number of rotatable bonds is 6. The predicted octanol–water partition coefficient (Wildman–Crippen LogP) is 3.06. The molecule has 2 aromatic heterocycles. The molecule has 4 heteroatoms. The standard InChI is InChI=1S/C15H17BN3/c1-4-18(10-8-13(2)16-3)11-14-12-19-9-6-5-7-15(19)17-14/h4-10,12H,1-2,11H2,3H3/b10-8-. The molecule has 0 saturated heterocycles. The van der Waals surface area contributed by atoms with Gasteiger partial charge in [-0.05, 0) is 18.3 Å². The molecule has 95 valence electrons. The van der Waals surface area contributed by atoms with Crippen molar-refractivity contribution in [2.45, 2.75) is 13.4 Å². The summed E-state index contributed by atoms with van der Waals surface area (Å²) in [7, 11) is 1.96. The molecule has 0 spiro atoms. The van der Waals surface area contributed by atoms with E-state index >= 15 is 0 Å². The lowest BCUT2D eigenvalue weighted by atomic mass is 9.73. The van der Waals surface area contributed by atoms with E-state index < -0.39 is 0 Å². The van der Waals surface area contributed by atoms with E-state index in [0.717, 1.165) is 16.8 Å². The van der Waals surface area contributed by atoms with Gasteiger partial charge in [0.1, 0.15) is 12.9 Å². The van der Waals surface area contributed by atoms with Gasteiger partial charge in [-0.1, -0.05) is 31.0 Å². The molecule has 2 heterocycles. The second-order valence-electron chi connectivity index (χ2n) is 4.23. The number of fused-ring (bicyclic) bond motifs is 1. The molecule has 0 N–H and O–H groups in total. The van der Waals surface area contributed by atoms with Gasteiger partial charge in [-0.2, -0.15) is 0 Å². The maximum Gasteiger partial charge on any atom is 0.147 e. The molecule has 0 bridgehead atoms. The minimum absolute atomic E-state index is 0.693. The molecule has 0 amide bonds. The third-order valence-electron chi connectivity index (χ3n) is 2.84. The van der Waals surface area contributed by atoms with Crippen molar-refractivity contribution >= 4 is 12.9 Å². The highest BCUT2D eigenvalue weighted by atomic mass is 15.1. The lowest BCUT2D eigenvalue weighted by molar-refractivity contribution is 0.496. The van der Waals surface area contributed by atoms with Gasteiger partial charge in [-0.25, -0.2) is 4.98 Å². The molecule has 0 fully saturated rings. The Balaban J connectivity index is 2.11. The van der Waals surface area contributed by atoms with Gasteiger partial charge < -0.3 is 9.30 Å². The monoisotopic (exact) mass is 250 g/mol. The van der Waals surface area contributed by atoms with E-state index in [4.69, 9.17) is 0 Å². The van der Waals surface area contributed by atoms with Crippen LogP contribution in [0, 0.1) is 0 Å². The Morgan fingerprint density at radius 2 is 2.37 bits per heavy atom. The molecular weight excluding hydrogens is 233 g/mol. The Hall–Kier alpha value is -2.23. The van der Waals surface area contributed by atoms with Crippen LogP contribution in [0.1, 0.15) is 5.69 Å². The normalized spacial score (nSPS) is 10.8. The second kappa shape index (κ2) is 6.09. The first-order valence-corrected chi connectivity index (χ1v) is 6.20. The smallest absolute Gasteiger partial charge is 0.147 e. The number of aromatic nitrogens is 2. The zero-order chi connectivity index (χ0) is 13.7. The summed E-state index contributed by atoms with van der Waals surface area (Å²) in [5.41, 5.74) is 2.93. The lowest BCUT2D eigenvalue weighted by Gasteiger charge is -2.12. The fraction of sp³-hybridized carbons (Fsp3) is 0.133. The second-order valence-corrected chi connectivity index (χ2v) is 4.23. The summed E-state index contributed by atoms with van der Waals surface area (Å²) in [4.78, 5) is 6.54. The van der Waals surface area contributed by atoms with Gasteiger partial charge in [0.05, 0.1) is 12.2 Å². The van der Waals surface area contributed by atoms with Gasteiger partial charge in [-0.3, -0.25) is 0 Å². The Morgan fingerprint density at radius 1 is 1.53 bits per heavy atom. The van der Waals surface area contributed by atoms with Crippen LogP contribution in [-0.4, -0.2) is 21.6 Å². The zero-order valence-electron chi connectivity index (χ0n) is 11.2. The summed E-state index contributed by atoms with van der Waals surface area (Å²) in [6, 6.07) is 5.97. The Labute approximate surface area is 114 Å². The topological polar surface area (TPSA) is 20.5 Å². The quantitative estimate of drug-likeness (QED) is 0.580. The molecule has 0 aliphatic carbocycles. The predicted molar refractivity (Wildman–Crippen MR) is 80.8 cm³/mol. The van der Waals surface area contributed by atoms with Gasteiger partial charge in [0.25, 0.3) is 0 Å². The fourth-order valence-corrected chi connectivity index (χ4v) is 1.72. The van der Waals surface area contributed by atoms with Crippen molar-refractivity contribution < 1.29 is 0 Å². The van der Waals surface area contributed by atoms with Gasteiger partial charge in [0, 0.05) is 18.6 Å². The molecule has 2 rings (SSSR count). The van der Waals surface area contributed by atoms with E-state index in [-0.39, 0.29) is 0 Å². The van der Waals surface area contributed by atoms with Crippen LogP contribution >= 0.6 is 0 Å². The number of imidazole rings is 1. The van der Waals surface area contributed by atoms with E-state index in [1.165, 1.54) is 0 Å². The van der Waals surface area contributed by atoms with Crippen molar-refractivity contribution in [2.75, 3.05) is 0 Å². The molecule has 19 heavy (non-hydrogen) atoms. The van der Waals surface area contributed by atoms with Crippen LogP contribution in [-0.2, 0) is 6.54 Å². The number of hydrogen-bond donors (Lipinski definition) is 0. The van der Waals surface area contributed by atoms with Crippen LogP contribution in [0.5, 0.6) is 0 Å². The van der Waals surface area contributed by atoms with Gasteiger partial charge in [-0.15, -0.1) is 6.58 Å². The molecule has 0 saturated carbocycles. The van der Waals surface area contributed by atoms with E-state index in [1.54, 1.807) is 6.20 Å². The van der Waals surface area contributed by atoms with Crippen LogP contribution in [0.4, 0.5) is 0 Å². The molecule has 0 aliphatic heterocycles. The first-order chi connectivity index (χ1) is 9.22. The highest BCUT2D eigenvalue weighted by Gasteiger charge is 2.03. The minimum Gasteiger partial charge on any atom is -0.349 e. The molecule has 0 unspecified atom stereocenters. The van der Waals surface area contributed by atoms with E-state index in [9.17, 15) is 0 Å². The van der Waals surface area contributed by atoms with E-state index in [1.807, 2.05) is 66.3 Å². The molecule has 0 aliphatic rings. The summed E-state index contributed by atoms with van der Waals surface area (Å²) >= 11 is 0. The number of allylic oxidation sites excluding steroid dienone is 2. The molecule has 0 atom stereocenters. The first-order valence-electron chi connectivity index (χ1n) is 6.20. The fourth-order valence-electron chi connectivity index (χ4n) is 1.72. The maximum atomic E-state index is 4.56. The van der Waals surface area contributed by atoms with Gasteiger partial charge in [0.2, 0.25) is 0 Å². The van der Waals surface area contributed by atoms with Crippen LogP contribution in [0.15, 0.2) is 67.7 Å². The Morgan fingerprint density at radius 3 is 3.05 bits per heavy atom. The number of hydrogen-bond acceptors (Lipinski definition) is 2. The van der Waals surface area contributed by atoms with Crippen molar-refractivity contribution in [3.05, 3.63) is 73.4 Å². The molecule has 0 aromatic carbocycles. The summed E-state index contributed by atoms with van der Waals surface area (Å²) in [6.07, 6.45) is 9.72. The van der Waals surface area contributed by atoms with Crippen molar-refractivity contribution in [1.82, 2.24) is 14.3 Å². The number of nitrogens with zero attached hydrogens (tertiary/aromatic N) is 3. The summed E-state index contributed by atoms with van der Waals surface area (Å²) in [5.74, 6) is 0. The summed E-state index contributed by atoms with van der Waals surface area (Å²) in [6.45, 7) is 10.4. The van der Waals surface area contributed by atoms with Crippen LogP contribution < -0.4 is 0 Å². The summed E-state index contributed by atoms with van der Waals surface area (Å²) < 4.78 is 2.01. The third-order valence-corrected chi connectivity index (χ3v) is 2.84. The van der Waals surface area contributed by atoms with Crippen LogP contribution in [0.3, 0.4) is 0 Å². The molecule has 2 aromatic rings. The number of pyridine rings is 1. The maximum absolute atomic E-state index is 4.56. The van der Waals surface area contributed by atoms with Crippen molar-refractivity contribution in [3.8, 4) is 0 Å². The van der Waals surface area contributed by atoms with Crippen LogP contribution in [0.2, 0.25) is 6.82 Å². The molecule has 1 radical (unpaired) electrons. The lowest BCUT2D eigenvalue weighted by Crippen LogP contribution is -2.09. The highest BCUT2D eigenvalue weighted by Crippen LogP contribution is 2.08. The average Bonchev–Trinajstić information content (AvgIpc) is 2.85. The third kappa shape index (κ3) is 3.38. The summed E-state index contributed by atoms with van der Waals surface area (Å²) in [5, 5.41) is 0. The Kier molecular flexibility index (Phi) is 4.24.